The van der Waals surface area contributed by atoms with E-state index in [1.54, 1.807) is 31.2 Å². The number of halogens is 1. The molecular weight excluding hydrogens is 332 g/mol. The van der Waals surface area contributed by atoms with Crippen LogP contribution < -0.4 is 5.56 Å². The Balaban J connectivity index is 1.83. The molecule has 24 heavy (non-hydrogen) atoms. The Hall–Kier alpha value is -2.86. The van der Waals surface area contributed by atoms with Crippen molar-refractivity contribution in [2.45, 2.75) is 13.5 Å². The monoisotopic (exact) mass is 344 g/mol. The van der Waals surface area contributed by atoms with Crippen molar-refractivity contribution in [1.29, 1.82) is 0 Å². The largest absolute Gasteiger partial charge is 0.507 e. The Kier molecular flexibility index (Phi) is 4.22. The van der Waals surface area contributed by atoms with Crippen LogP contribution in [0, 0.1) is 6.92 Å². The highest BCUT2D eigenvalue weighted by atomic mass is 35.5. The predicted molar refractivity (Wildman–Crippen MR) is 88.4 cm³/mol. The maximum Gasteiger partial charge on any atom is 0.342 e. The van der Waals surface area contributed by atoms with Crippen LogP contribution >= 0.6 is 11.6 Å². The normalized spacial score (nSPS) is 10.8. The van der Waals surface area contributed by atoms with Gasteiger partial charge in [0.1, 0.15) is 23.6 Å². The van der Waals surface area contributed by atoms with Crippen LogP contribution in [0.15, 0.2) is 47.4 Å². The van der Waals surface area contributed by atoms with E-state index in [0.717, 1.165) is 0 Å². The zero-order valence-corrected chi connectivity index (χ0v) is 13.4. The van der Waals surface area contributed by atoms with Crippen LogP contribution in [0.3, 0.4) is 0 Å². The number of ether oxygens (including phenoxy) is 1. The predicted octanol–water partition coefficient (Wildman–Crippen LogP) is 2.72. The molecule has 6 nitrogen and oxygen atoms in total. The zero-order valence-electron chi connectivity index (χ0n) is 12.7. The second-order valence-electron chi connectivity index (χ2n) is 5.21. The highest BCUT2D eigenvalue weighted by molar-refractivity contribution is 6.30. The average Bonchev–Trinajstić information content (AvgIpc) is 2.56. The van der Waals surface area contributed by atoms with E-state index in [4.69, 9.17) is 16.3 Å². The first-order chi connectivity index (χ1) is 11.5. The first-order valence-corrected chi connectivity index (χ1v) is 7.47. The van der Waals surface area contributed by atoms with E-state index < -0.39 is 5.97 Å². The fourth-order valence-corrected chi connectivity index (χ4v) is 2.40. The quantitative estimate of drug-likeness (QED) is 0.739. The second-order valence-corrected chi connectivity index (χ2v) is 5.64. The number of hydrogen-bond donors (Lipinski definition) is 1. The van der Waals surface area contributed by atoms with Crippen LogP contribution in [-0.4, -0.2) is 20.5 Å². The SMILES string of the molecule is Cc1cccc(C(=O)OCc2cc(=O)n3cc(Cl)ccc3n2)c1O. The molecule has 2 heterocycles. The standard InChI is InChI=1S/C17H13ClN2O4/c1-10-3-2-4-13(16(10)22)17(23)24-9-12-7-15(21)20-8-11(18)5-6-14(20)19-12/h2-8,22H,9H2,1H3. The Morgan fingerprint density at radius 3 is 2.92 bits per heavy atom. The summed E-state index contributed by atoms with van der Waals surface area (Å²) < 4.78 is 6.45. The number of benzene rings is 1. The molecule has 0 bridgehead atoms. The zero-order chi connectivity index (χ0) is 17.3. The molecule has 0 spiro atoms. The number of esters is 1. The maximum absolute atomic E-state index is 12.1. The molecule has 1 N–H and O–H groups in total. The number of para-hydroxylation sites is 1. The van der Waals surface area contributed by atoms with Gasteiger partial charge in [0.2, 0.25) is 0 Å². The Bertz CT molecular complexity index is 998. The summed E-state index contributed by atoms with van der Waals surface area (Å²) in [4.78, 5) is 28.4. The summed E-state index contributed by atoms with van der Waals surface area (Å²) in [5.74, 6) is -0.807. The summed E-state index contributed by atoms with van der Waals surface area (Å²) >= 11 is 5.85. The van der Waals surface area contributed by atoms with Crippen LogP contribution in [0.4, 0.5) is 0 Å². The average molecular weight is 345 g/mol. The number of nitrogens with zero attached hydrogens (tertiary/aromatic N) is 2. The molecule has 0 aliphatic heterocycles. The smallest absolute Gasteiger partial charge is 0.342 e. The number of aryl methyl sites for hydroxylation is 1. The molecule has 3 rings (SSSR count). The summed E-state index contributed by atoms with van der Waals surface area (Å²) in [5.41, 5.74) is 1.02. The minimum absolute atomic E-state index is 0.0688. The van der Waals surface area contributed by atoms with E-state index in [9.17, 15) is 14.7 Å². The lowest BCUT2D eigenvalue weighted by Crippen LogP contribution is -2.16. The van der Waals surface area contributed by atoms with E-state index in [-0.39, 0.29) is 23.5 Å². The van der Waals surface area contributed by atoms with Gasteiger partial charge in [-0.25, -0.2) is 9.78 Å². The van der Waals surface area contributed by atoms with E-state index in [1.165, 1.54) is 22.7 Å². The minimum atomic E-state index is -0.686. The summed E-state index contributed by atoms with van der Waals surface area (Å²) in [6, 6.07) is 9.28. The van der Waals surface area contributed by atoms with Crippen molar-refractivity contribution >= 4 is 23.2 Å². The number of aromatic hydroxyl groups is 1. The lowest BCUT2D eigenvalue weighted by atomic mass is 10.1. The summed E-state index contributed by atoms with van der Waals surface area (Å²) in [6.07, 6.45) is 1.47. The van der Waals surface area contributed by atoms with Crippen LogP contribution in [-0.2, 0) is 11.3 Å². The molecule has 7 heteroatoms. The number of phenolic OH excluding ortho intramolecular Hbond substituents is 1. The Morgan fingerprint density at radius 1 is 1.33 bits per heavy atom. The lowest BCUT2D eigenvalue weighted by molar-refractivity contribution is 0.0464. The third kappa shape index (κ3) is 3.09. The van der Waals surface area contributed by atoms with Crippen LogP contribution in [0.25, 0.3) is 5.65 Å². The molecule has 0 saturated heterocycles. The van der Waals surface area contributed by atoms with Gasteiger partial charge in [0, 0.05) is 12.3 Å². The number of aromatic nitrogens is 2. The lowest BCUT2D eigenvalue weighted by Gasteiger charge is -2.08. The van der Waals surface area contributed by atoms with Gasteiger partial charge in [0.05, 0.1) is 10.7 Å². The van der Waals surface area contributed by atoms with Crippen molar-refractivity contribution < 1.29 is 14.6 Å². The van der Waals surface area contributed by atoms with Gasteiger partial charge in [-0.1, -0.05) is 23.7 Å². The molecule has 1 aromatic carbocycles. The van der Waals surface area contributed by atoms with Gasteiger partial charge in [0.15, 0.2) is 0 Å². The number of pyridine rings is 1. The fourth-order valence-electron chi connectivity index (χ4n) is 2.24. The van der Waals surface area contributed by atoms with E-state index in [2.05, 4.69) is 4.98 Å². The van der Waals surface area contributed by atoms with Crippen molar-refractivity contribution in [1.82, 2.24) is 9.38 Å². The first-order valence-electron chi connectivity index (χ1n) is 7.09. The molecule has 0 radical (unpaired) electrons. The van der Waals surface area contributed by atoms with Gasteiger partial charge >= 0.3 is 5.97 Å². The van der Waals surface area contributed by atoms with Crippen molar-refractivity contribution in [2.24, 2.45) is 0 Å². The second kappa shape index (κ2) is 6.33. The molecule has 0 aliphatic rings. The first kappa shape index (κ1) is 16.0. The van der Waals surface area contributed by atoms with Crippen LogP contribution in [0.1, 0.15) is 21.6 Å². The van der Waals surface area contributed by atoms with Crippen LogP contribution in [0.2, 0.25) is 5.02 Å². The number of fused-ring (bicyclic) bond motifs is 1. The minimum Gasteiger partial charge on any atom is -0.507 e. The number of carbonyl (C=O) groups excluding carboxylic acids is 1. The highest BCUT2D eigenvalue weighted by Gasteiger charge is 2.14. The topological polar surface area (TPSA) is 80.9 Å². The molecule has 0 atom stereocenters. The summed E-state index contributed by atoms with van der Waals surface area (Å²) in [6.45, 7) is 1.50. The highest BCUT2D eigenvalue weighted by Crippen LogP contribution is 2.22. The van der Waals surface area contributed by atoms with E-state index in [0.29, 0.717) is 21.9 Å². The third-order valence-electron chi connectivity index (χ3n) is 3.49. The Labute approximate surface area is 141 Å². The van der Waals surface area contributed by atoms with Crippen molar-refractivity contribution in [2.75, 3.05) is 0 Å². The van der Waals surface area contributed by atoms with Gasteiger partial charge in [0.25, 0.3) is 5.56 Å². The molecule has 0 fully saturated rings. The number of carbonyl (C=O) groups is 1. The molecule has 0 aliphatic carbocycles. The molecular formula is C17H13ClN2O4. The van der Waals surface area contributed by atoms with Gasteiger partial charge in [-0.15, -0.1) is 0 Å². The summed E-state index contributed by atoms with van der Waals surface area (Å²) in [7, 11) is 0. The third-order valence-corrected chi connectivity index (χ3v) is 3.71. The van der Waals surface area contributed by atoms with Gasteiger partial charge in [-0.2, -0.15) is 0 Å². The molecule has 0 saturated carbocycles. The number of rotatable bonds is 3. The number of hydrogen-bond acceptors (Lipinski definition) is 5. The van der Waals surface area contributed by atoms with Crippen LogP contribution in [0.5, 0.6) is 5.75 Å². The molecule has 0 amide bonds. The molecule has 3 aromatic rings. The van der Waals surface area contributed by atoms with E-state index in [1.807, 2.05) is 0 Å². The van der Waals surface area contributed by atoms with Gasteiger partial charge in [-0.05, 0) is 30.7 Å². The summed E-state index contributed by atoms with van der Waals surface area (Å²) in [5, 5.41) is 10.3. The molecule has 122 valence electrons. The van der Waals surface area contributed by atoms with E-state index >= 15 is 0 Å². The maximum atomic E-state index is 12.1. The number of phenols is 1. The van der Waals surface area contributed by atoms with Crippen molar-refractivity contribution in [3.63, 3.8) is 0 Å². The van der Waals surface area contributed by atoms with Crippen molar-refractivity contribution in [3.05, 3.63) is 74.8 Å². The Morgan fingerprint density at radius 2 is 2.12 bits per heavy atom. The fraction of sp³-hybridized carbons (Fsp3) is 0.118. The molecule has 2 aromatic heterocycles. The van der Waals surface area contributed by atoms with Gasteiger partial charge < -0.3 is 9.84 Å². The van der Waals surface area contributed by atoms with Crippen molar-refractivity contribution in [3.8, 4) is 5.75 Å². The van der Waals surface area contributed by atoms with Gasteiger partial charge in [-0.3, -0.25) is 9.20 Å². The molecule has 0 unspecified atom stereocenters.